The standard InChI is InChI=1S/CO.BrH.Ir/c1-2;;/h;1H;/q;;+1/p-1. The molecule has 4 heavy (non-hydrogen) atoms. The minimum atomic E-state index is -0.479. The molecule has 0 aliphatic carbocycles. The van der Waals surface area contributed by atoms with E-state index in [0.29, 0.717) is 0 Å². The number of halogens is 1. The van der Waals surface area contributed by atoms with Gasteiger partial charge in [-0.05, 0) is 0 Å². The molecule has 0 heterocycles. The molecule has 0 saturated carbocycles. The summed E-state index contributed by atoms with van der Waals surface area (Å²) >= 11 is 2.47. The molecule has 0 aromatic carbocycles. The van der Waals surface area contributed by atoms with Gasteiger partial charge >= 0.3 is 37.9 Å². The van der Waals surface area contributed by atoms with Gasteiger partial charge in [0.2, 0.25) is 0 Å². The van der Waals surface area contributed by atoms with Crippen LogP contribution >= 0.6 is 13.5 Å². The van der Waals surface area contributed by atoms with E-state index in [1.54, 1.807) is 4.39 Å². The van der Waals surface area contributed by atoms with E-state index in [0.717, 1.165) is 0 Å². The Kier molecular flexibility index (Phi) is 4.37. The van der Waals surface area contributed by atoms with Crippen molar-refractivity contribution in [2.45, 2.75) is 0 Å². The molecule has 1 nitrogen and oxygen atoms in total. The summed E-state index contributed by atoms with van der Waals surface area (Å²) in [4.78, 5) is 9.06. The Morgan fingerprint density at radius 1 is 2.00 bits per heavy atom. The molecule has 0 aliphatic heterocycles. The molecule has 0 radical (unpaired) electrons. The van der Waals surface area contributed by atoms with Crippen LogP contribution in [-0.2, 0) is 20.0 Å². The predicted molar refractivity (Wildman–Crippen MR) is 14.6 cm³/mol. The quantitative estimate of drug-likeness (QED) is 0.635. The van der Waals surface area contributed by atoms with Gasteiger partial charge in [0.15, 0.2) is 0 Å². The molecule has 0 fully saturated rings. The zero-order valence-corrected chi connectivity index (χ0v) is 5.60. The van der Waals surface area contributed by atoms with Crippen LogP contribution < -0.4 is 0 Å². The third-order valence-corrected chi connectivity index (χ3v) is 1.09. The zero-order valence-electron chi connectivity index (χ0n) is 1.62. The Morgan fingerprint density at radius 3 is 2.25 bits per heavy atom. The average Bonchev–Trinajstić information content (AvgIpc) is 1.37. The Morgan fingerprint density at radius 2 is 2.25 bits per heavy atom. The van der Waals surface area contributed by atoms with Gasteiger partial charge in [0, 0.05) is 0 Å². The van der Waals surface area contributed by atoms with E-state index in [-0.39, 0.29) is 0 Å². The average molecular weight is 300 g/mol. The van der Waals surface area contributed by atoms with Crippen molar-refractivity contribution in [3.63, 3.8) is 0 Å². The van der Waals surface area contributed by atoms with Crippen LogP contribution in [0.25, 0.3) is 0 Å². The molecular weight excluding hydrogens is 300 g/mol. The molecular formula is CBrIrO. The summed E-state index contributed by atoms with van der Waals surface area (Å²) in [5.41, 5.74) is 0. The first-order valence-corrected chi connectivity index (χ1v) is 6.93. The molecule has 0 aromatic rings. The molecule has 0 atom stereocenters. The Balaban J connectivity index is 3.11. The second kappa shape index (κ2) is 3.71. The van der Waals surface area contributed by atoms with Crippen molar-refractivity contribution in [1.82, 2.24) is 0 Å². The SMILES string of the molecule is O=[C]=[Ir][Br]. The molecule has 0 unspecified atom stereocenters. The summed E-state index contributed by atoms with van der Waals surface area (Å²) in [6.45, 7) is 0. The van der Waals surface area contributed by atoms with E-state index >= 15 is 0 Å². The third kappa shape index (κ3) is 2.71. The summed E-state index contributed by atoms with van der Waals surface area (Å²) in [7, 11) is 0. The van der Waals surface area contributed by atoms with Gasteiger partial charge in [-0.3, -0.25) is 0 Å². The molecule has 0 bridgehead atoms. The second-order valence-corrected chi connectivity index (χ2v) is 3.24. The van der Waals surface area contributed by atoms with Crippen LogP contribution in [0.4, 0.5) is 0 Å². The molecule has 0 N–H and O–H groups in total. The topological polar surface area (TPSA) is 17.1 Å². The molecule has 0 rings (SSSR count). The first-order valence-electron chi connectivity index (χ1n) is 0.497. The second-order valence-electron chi connectivity index (χ2n) is 0.131. The predicted octanol–water partition coefficient (Wildman–Crippen LogP) is 0.446. The van der Waals surface area contributed by atoms with Gasteiger partial charge in [0.05, 0.1) is 0 Å². The van der Waals surface area contributed by atoms with Crippen LogP contribution in [0, 0.1) is 0 Å². The van der Waals surface area contributed by atoms with E-state index in [1.807, 2.05) is 0 Å². The van der Waals surface area contributed by atoms with Crippen LogP contribution in [0.1, 0.15) is 0 Å². The first-order chi connectivity index (χ1) is 1.91. The van der Waals surface area contributed by atoms with E-state index < -0.39 is 15.2 Å². The van der Waals surface area contributed by atoms with Crippen molar-refractivity contribution in [2.75, 3.05) is 0 Å². The fourth-order valence-corrected chi connectivity index (χ4v) is 0. The van der Waals surface area contributed by atoms with Crippen molar-refractivity contribution in [1.29, 1.82) is 0 Å². The third-order valence-electron chi connectivity index (χ3n) is 0.0257. The van der Waals surface area contributed by atoms with Gasteiger partial charge in [0.25, 0.3) is 0 Å². The van der Waals surface area contributed by atoms with Gasteiger partial charge in [-0.1, -0.05) is 0 Å². The van der Waals surface area contributed by atoms with Gasteiger partial charge in [0.1, 0.15) is 0 Å². The summed E-state index contributed by atoms with van der Waals surface area (Å²) in [5, 5.41) is 0. The van der Waals surface area contributed by atoms with Crippen LogP contribution in [-0.4, -0.2) is 4.39 Å². The fourth-order valence-electron chi connectivity index (χ4n) is 0. The van der Waals surface area contributed by atoms with Crippen molar-refractivity contribution in [3.8, 4) is 0 Å². The van der Waals surface area contributed by atoms with Gasteiger partial charge < -0.3 is 0 Å². The molecule has 0 aliphatic rings. The summed E-state index contributed by atoms with van der Waals surface area (Å²) in [6, 6.07) is 0. The number of rotatable bonds is 0. The molecule has 0 aromatic heterocycles. The van der Waals surface area contributed by atoms with Crippen LogP contribution in [0.3, 0.4) is 0 Å². The van der Waals surface area contributed by atoms with E-state index in [4.69, 9.17) is 4.79 Å². The van der Waals surface area contributed by atoms with Crippen molar-refractivity contribution in [2.24, 2.45) is 0 Å². The first kappa shape index (κ1) is 4.71. The van der Waals surface area contributed by atoms with Crippen LogP contribution in [0.2, 0.25) is 0 Å². The molecule has 26 valence electrons. The van der Waals surface area contributed by atoms with E-state index in [9.17, 15) is 0 Å². The maximum absolute atomic E-state index is 9.06. The van der Waals surface area contributed by atoms with Crippen molar-refractivity contribution < 1.29 is 20.0 Å². The van der Waals surface area contributed by atoms with Crippen LogP contribution in [0.15, 0.2) is 0 Å². The summed E-state index contributed by atoms with van der Waals surface area (Å²) in [5.74, 6) is 0. The van der Waals surface area contributed by atoms with Gasteiger partial charge in [-0.15, -0.1) is 0 Å². The monoisotopic (exact) mass is 300 g/mol. The maximum atomic E-state index is 9.06. The van der Waals surface area contributed by atoms with Crippen molar-refractivity contribution in [3.05, 3.63) is 0 Å². The summed E-state index contributed by atoms with van der Waals surface area (Å²) in [6.07, 6.45) is 0. The van der Waals surface area contributed by atoms with Crippen LogP contribution in [0.5, 0.6) is 0 Å². The molecule has 0 spiro atoms. The Hall–Kier alpha value is 0.709. The minimum absolute atomic E-state index is 0.479. The Bertz CT molecular complexity index is 46.0. The van der Waals surface area contributed by atoms with Crippen molar-refractivity contribution >= 4 is 17.9 Å². The molecule has 3 heteroatoms. The van der Waals surface area contributed by atoms with Gasteiger partial charge in [-0.2, -0.15) is 0 Å². The fraction of sp³-hybridized carbons (Fsp3) is 0. The number of carbonyl (C=O) groups excluding carboxylic acids is 1. The molecule has 0 saturated heterocycles. The Labute approximate surface area is 38.1 Å². The normalized spacial score (nSPS) is 6.25. The van der Waals surface area contributed by atoms with E-state index in [2.05, 4.69) is 13.5 Å². The van der Waals surface area contributed by atoms with Gasteiger partial charge in [-0.25, -0.2) is 0 Å². The zero-order chi connectivity index (χ0) is 3.41. The molecule has 0 amide bonds. The number of hydrogen-bond acceptors (Lipinski definition) is 1. The summed E-state index contributed by atoms with van der Waals surface area (Å²) < 4.78 is 1.72. The number of hydrogen-bond donors (Lipinski definition) is 0. The van der Waals surface area contributed by atoms with E-state index in [1.165, 1.54) is 0 Å².